The van der Waals surface area contributed by atoms with Crippen molar-refractivity contribution in [1.29, 1.82) is 0 Å². The molecule has 1 aliphatic heterocycles. The van der Waals surface area contributed by atoms with Crippen molar-refractivity contribution in [2.24, 2.45) is 0 Å². The van der Waals surface area contributed by atoms with E-state index < -0.39 is 5.60 Å². The van der Waals surface area contributed by atoms with Crippen LogP contribution in [0.3, 0.4) is 0 Å². The molecule has 1 fully saturated rings. The number of carbonyl (C=O) groups excluding carboxylic acids is 1. The molecule has 0 spiro atoms. The zero-order valence-corrected chi connectivity index (χ0v) is 18.1. The number of likely N-dealkylation sites (tertiary alicyclic amines) is 1. The fourth-order valence-electron chi connectivity index (χ4n) is 4.06. The van der Waals surface area contributed by atoms with Gasteiger partial charge in [-0.25, -0.2) is 0 Å². The molecule has 4 rings (SSSR count). The van der Waals surface area contributed by atoms with E-state index in [4.69, 9.17) is 9.84 Å². The minimum Gasteiger partial charge on any atom is -0.387 e. The number of rotatable bonds is 6. The van der Waals surface area contributed by atoms with Crippen molar-refractivity contribution >= 4 is 5.91 Å². The first kappa shape index (κ1) is 21.3. The number of nitrogens with zero attached hydrogens (tertiary/aromatic N) is 3. The van der Waals surface area contributed by atoms with E-state index in [0.29, 0.717) is 50.3 Å². The monoisotopic (exact) mass is 419 g/mol. The largest absolute Gasteiger partial charge is 0.387 e. The molecule has 0 aliphatic carbocycles. The van der Waals surface area contributed by atoms with E-state index in [0.717, 1.165) is 16.7 Å². The maximum absolute atomic E-state index is 13.5. The summed E-state index contributed by atoms with van der Waals surface area (Å²) in [6, 6.07) is 18.2. The Balaban J connectivity index is 1.62. The standard InChI is InChI=1S/C25H29N3O3/c1-19-8-10-21(11-9-19)23-22(17-28(26-23)16-20-6-4-3-5-7-20)24(29)27-14-12-25(30,13-15-27)18-31-2/h3-11,17,30H,12-16,18H2,1-2H3. The number of hydrogen-bond donors (Lipinski definition) is 1. The fourth-order valence-corrected chi connectivity index (χ4v) is 4.06. The summed E-state index contributed by atoms with van der Waals surface area (Å²) >= 11 is 0. The molecule has 6 nitrogen and oxygen atoms in total. The van der Waals surface area contributed by atoms with Crippen LogP contribution in [0.2, 0.25) is 0 Å². The van der Waals surface area contributed by atoms with E-state index in [2.05, 4.69) is 12.1 Å². The van der Waals surface area contributed by atoms with Crippen LogP contribution in [0.25, 0.3) is 11.3 Å². The molecular weight excluding hydrogens is 390 g/mol. The third kappa shape index (κ3) is 4.86. The van der Waals surface area contributed by atoms with Crippen molar-refractivity contribution in [3.8, 4) is 11.3 Å². The van der Waals surface area contributed by atoms with Crippen molar-refractivity contribution in [1.82, 2.24) is 14.7 Å². The topological polar surface area (TPSA) is 67.6 Å². The van der Waals surface area contributed by atoms with Gasteiger partial charge in [0.15, 0.2) is 0 Å². The van der Waals surface area contributed by atoms with Gasteiger partial charge in [-0.05, 0) is 25.3 Å². The van der Waals surface area contributed by atoms with Crippen molar-refractivity contribution in [3.63, 3.8) is 0 Å². The Kier molecular flexibility index (Phi) is 6.20. The lowest BCUT2D eigenvalue weighted by Crippen LogP contribution is -2.48. The van der Waals surface area contributed by atoms with Crippen molar-refractivity contribution in [2.45, 2.75) is 31.9 Å². The van der Waals surface area contributed by atoms with Crippen molar-refractivity contribution in [3.05, 3.63) is 77.5 Å². The number of benzene rings is 2. The number of hydrogen-bond acceptors (Lipinski definition) is 4. The fraction of sp³-hybridized carbons (Fsp3) is 0.360. The Bertz CT molecular complexity index is 1020. The molecule has 2 aromatic carbocycles. The third-order valence-electron chi connectivity index (χ3n) is 5.90. The molecule has 3 aromatic rings. The Labute approximate surface area is 183 Å². The Morgan fingerprint density at radius 1 is 1.10 bits per heavy atom. The molecule has 0 bridgehead atoms. The minimum atomic E-state index is -0.858. The predicted octanol–water partition coefficient (Wildman–Crippen LogP) is 3.52. The Hall–Kier alpha value is -2.96. The second-order valence-electron chi connectivity index (χ2n) is 8.39. The van der Waals surface area contributed by atoms with Gasteiger partial charge in [0, 0.05) is 32.0 Å². The summed E-state index contributed by atoms with van der Waals surface area (Å²) in [7, 11) is 1.59. The molecule has 31 heavy (non-hydrogen) atoms. The normalized spacial score (nSPS) is 15.8. The van der Waals surface area contributed by atoms with Crippen LogP contribution in [0.5, 0.6) is 0 Å². The van der Waals surface area contributed by atoms with E-state index >= 15 is 0 Å². The molecule has 0 atom stereocenters. The summed E-state index contributed by atoms with van der Waals surface area (Å²) in [5.41, 5.74) is 3.64. The maximum atomic E-state index is 13.5. The SMILES string of the molecule is COCC1(O)CCN(C(=O)c2cn(Cc3ccccc3)nc2-c2ccc(C)cc2)CC1. The second kappa shape index (κ2) is 9.04. The van der Waals surface area contributed by atoms with Gasteiger partial charge in [-0.1, -0.05) is 60.2 Å². The average Bonchev–Trinajstić information content (AvgIpc) is 3.19. The Morgan fingerprint density at radius 3 is 2.42 bits per heavy atom. The molecule has 1 aliphatic rings. The van der Waals surface area contributed by atoms with Gasteiger partial charge in [-0.15, -0.1) is 0 Å². The van der Waals surface area contributed by atoms with Crippen LogP contribution in [0, 0.1) is 6.92 Å². The van der Waals surface area contributed by atoms with Crippen molar-refractivity contribution < 1.29 is 14.6 Å². The first-order valence-corrected chi connectivity index (χ1v) is 10.7. The highest BCUT2D eigenvalue weighted by molar-refractivity contribution is 5.99. The first-order valence-electron chi connectivity index (χ1n) is 10.7. The molecule has 0 radical (unpaired) electrons. The average molecular weight is 420 g/mol. The zero-order valence-electron chi connectivity index (χ0n) is 18.1. The predicted molar refractivity (Wildman–Crippen MR) is 120 cm³/mol. The smallest absolute Gasteiger partial charge is 0.257 e. The lowest BCUT2D eigenvalue weighted by molar-refractivity contribution is -0.0662. The molecule has 162 valence electrons. The number of aliphatic hydroxyl groups is 1. The molecule has 6 heteroatoms. The lowest BCUT2D eigenvalue weighted by atomic mass is 9.92. The molecule has 0 unspecified atom stereocenters. The second-order valence-corrected chi connectivity index (χ2v) is 8.39. The quantitative estimate of drug-likeness (QED) is 0.664. The summed E-state index contributed by atoms with van der Waals surface area (Å²) in [5, 5.41) is 15.4. The molecule has 2 heterocycles. The summed E-state index contributed by atoms with van der Waals surface area (Å²) in [5.74, 6) is -0.0469. The number of piperidine rings is 1. The van der Waals surface area contributed by atoms with Crippen LogP contribution in [-0.2, 0) is 11.3 Å². The van der Waals surface area contributed by atoms with Gasteiger partial charge in [0.05, 0.1) is 24.3 Å². The van der Waals surface area contributed by atoms with Gasteiger partial charge < -0.3 is 14.7 Å². The highest BCUT2D eigenvalue weighted by atomic mass is 16.5. The van der Waals surface area contributed by atoms with Gasteiger partial charge in [0.2, 0.25) is 0 Å². The van der Waals surface area contributed by atoms with Crippen LogP contribution < -0.4 is 0 Å². The van der Waals surface area contributed by atoms with Crippen LogP contribution in [0.4, 0.5) is 0 Å². The van der Waals surface area contributed by atoms with Crippen LogP contribution in [-0.4, -0.2) is 58.1 Å². The highest BCUT2D eigenvalue weighted by Gasteiger charge is 2.35. The first-order chi connectivity index (χ1) is 15.0. The molecular formula is C25H29N3O3. The number of ether oxygens (including phenoxy) is 1. The van der Waals surface area contributed by atoms with E-state index in [1.165, 1.54) is 0 Å². The number of aryl methyl sites for hydroxylation is 1. The van der Waals surface area contributed by atoms with Gasteiger partial charge >= 0.3 is 0 Å². The van der Waals surface area contributed by atoms with Crippen molar-refractivity contribution in [2.75, 3.05) is 26.8 Å². The lowest BCUT2D eigenvalue weighted by Gasteiger charge is -2.37. The third-order valence-corrected chi connectivity index (χ3v) is 5.90. The molecule has 1 aromatic heterocycles. The summed E-state index contributed by atoms with van der Waals surface area (Å²) < 4.78 is 6.98. The van der Waals surface area contributed by atoms with Gasteiger partial charge in [-0.2, -0.15) is 5.10 Å². The molecule has 1 amide bonds. The zero-order chi connectivity index (χ0) is 21.8. The van der Waals surface area contributed by atoms with Gasteiger partial charge in [0.1, 0.15) is 5.69 Å². The van der Waals surface area contributed by atoms with Crippen LogP contribution in [0.15, 0.2) is 60.8 Å². The number of carbonyl (C=O) groups is 1. The van der Waals surface area contributed by atoms with E-state index in [9.17, 15) is 9.90 Å². The minimum absolute atomic E-state index is 0.0469. The highest BCUT2D eigenvalue weighted by Crippen LogP contribution is 2.28. The summed E-state index contributed by atoms with van der Waals surface area (Å²) in [6.07, 6.45) is 2.86. The van der Waals surface area contributed by atoms with Crippen LogP contribution in [0.1, 0.15) is 34.3 Å². The van der Waals surface area contributed by atoms with E-state index in [1.807, 2.05) is 65.2 Å². The summed E-state index contributed by atoms with van der Waals surface area (Å²) in [4.78, 5) is 15.3. The van der Waals surface area contributed by atoms with Crippen LogP contribution >= 0.6 is 0 Å². The number of methoxy groups -OCH3 is 1. The molecule has 1 saturated heterocycles. The maximum Gasteiger partial charge on any atom is 0.257 e. The molecule has 1 N–H and O–H groups in total. The van der Waals surface area contributed by atoms with Gasteiger partial charge in [0.25, 0.3) is 5.91 Å². The molecule has 0 saturated carbocycles. The number of amides is 1. The summed E-state index contributed by atoms with van der Waals surface area (Å²) in [6.45, 7) is 3.92. The Morgan fingerprint density at radius 2 is 1.77 bits per heavy atom. The van der Waals surface area contributed by atoms with E-state index in [-0.39, 0.29) is 5.91 Å². The van der Waals surface area contributed by atoms with E-state index in [1.54, 1.807) is 7.11 Å². The number of aromatic nitrogens is 2. The van der Waals surface area contributed by atoms with Gasteiger partial charge in [-0.3, -0.25) is 9.48 Å².